The Morgan fingerprint density at radius 2 is 1.95 bits per heavy atom. The Morgan fingerprint density at radius 1 is 1.14 bits per heavy atom. The number of hydrogen-bond donors (Lipinski definition) is 1. The average Bonchev–Trinajstić information content (AvgIpc) is 2.52. The number of hydrogen-bond acceptors (Lipinski definition) is 2. The largest absolute Gasteiger partial charge is 0.371 e. The van der Waals surface area contributed by atoms with E-state index in [2.05, 4.69) is 42.3 Å². The maximum atomic E-state index is 3.50. The first-order chi connectivity index (χ1) is 10.3. The molecule has 116 valence electrons. The standard InChI is InChI=1S/C19H30N2/c1-3-20-13-18-12-15(2)8-9-19(18)21-11-10-16-6-4-5-7-17(16)14-21/h8-9,12,16-17,20H,3-7,10-11,13-14H2,1-2H3. The van der Waals surface area contributed by atoms with Crippen molar-refractivity contribution in [2.75, 3.05) is 24.5 Å². The summed E-state index contributed by atoms with van der Waals surface area (Å²) in [5.41, 5.74) is 4.33. The first-order valence-corrected chi connectivity index (χ1v) is 8.83. The number of nitrogens with zero attached hydrogens (tertiary/aromatic N) is 1. The van der Waals surface area contributed by atoms with Crippen LogP contribution >= 0.6 is 0 Å². The lowest BCUT2D eigenvalue weighted by molar-refractivity contribution is 0.202. The zero-order chi connectivity index (χ0) is 14.7. The Balaban J connectivity index is 1.76. The summed E-state index contributed by atoms with van der Waals surface area (Å²) >= 11 is 0. The SMILES string of the molecule is CCNCc1cc(C)ccc1N1CCC2CCCCC2C1. The fourth-order valence-corrected chi connectivity index (χ4v) is 4.24. The second-order valence-corrected chi connectivity index (χ2v) is 6.95. The third-order valence-corrected chi connectivity index (χ3v) is 5.43. The monoisotopic (exact) mass is 286 g/mol. The number of benzene rings is 1. The van der Waals surface area contributed by atoms with Crippen LogP contribution in [0.4, 0.5) is 5.69 Å². The molecule has 2 heteroatoms. The van der Waals surface area contributed by atoms with Crippen LogP contribution in [0.5, 0.6) is 0 Å². The van der Waals surface area contributed by atoms with E-state index < -0.39 is 0 Å². The highest BCUT2D eigenvalue weighted by Crippen LogP contribution is 2.38. The number of anilines is 1. The number of rotatable bonds is 4. The van der Waals surface area contributed by atoms with E-state index >= 15 is 0 Å². The van der Waals surface area contributed by atoms with E-state index in [1.807, 2.05) is 0 Å². The highest BCUT2D eigenvalue weighted by Gasteiger charge is 2.31. The van der Waals surface area contributed by atoms with Crippen LogP contribution in [0.25, 0.3) is 0 Å². The van der Waals surface area contributed by atoms with Crippen molar-refractivity contribution in [2.24, 2.45) is 11.8 Å². The van der Waals surface area contributed by atoms with Gasteiger partial charge in [0.2, 0.25) is 0 Å². The zero-order valence-electron chi connectivity index (χ0n) is 13.7. The highest BCUT2D eigenvalue weighted by atomic mass is 15.1. The van der Waals surface area contributed by atoms with E-state index in [4.69, 9.17) is 0 Å². The summed E-state index contributed by atoms with van der Waals surface area (Å²) in [6, 6.07) is 6.99. The minimum absolute atomic E-state index is 0.945. The van der Waals surface area contributed by atoms with E-state index in [-0.39, 0.29) is 0 Å². The molecule has 0 bridgehead atoms. The molecule has 0 spiro atoms. The van der Waals surface area contributed by atoms with Crippen molar-refractivity contribution in [3.8, 4) is 0 Å². The molecule has 2 fully saturated rings. The van der Waals surface area contributed by atoms with Gasteiger partial charge in [0.1, 0.15) is 0 Å². The molecule has 2 nitrogen and oxygen atoms in total. The number of piperidine rings is 1. The van der Waals surface area contributed by atoms with Crippen LogP contribution in [-0.4, -0.2) is 19.6 Å². The molecule has 1 saturated heterocycles. The smallest absolute Gasteiger partial charge is 0.0412 e. The minimum atomic E-state index is 0.945. The van der Waals surface area contributed by atoms with E-state index in [0.717, 1.165) is 24.9 Å². The second-order valence-electron chi connectivity index (χ2n) is 6.95. The average molecular weight is 286 g/mol. The molecular weight excluding hydrogens is 256 g/mol. The van der Waals surface area contributed by atoms with Crippen molar-refractivity contribution in [1.82, 2.24) is 5.32 Å². The first-order valence-electron chi connectivity index (χ1n) is 8.83. The van der Waals surface area contributed by atoms with Gasteiger partial charge in [-0.3, -0.25) is 0 Å². The van der Waals surface area contributed by atoms with Crippen molar-refractivity contribution < 1.29 is 0 Å². The zero-order valence-corrected chi connectivity index (χ0v) is 13.7. The molecule has 1 aromatic rings. The van der Waals surface area contributed by atoms with Crippen LogP contribution < -0.4 is 10.2 Å². The summed E-state index contributed by atoms with van der Waals surface area (Å²) in [4.78, 5) is 2.67. The van der Waals surface area contributed by atoms with Crippen LogP contribution in [-0.2, 0) is 6.54 Å². The van der Waals surface area contributed by atoms with E-state index in [1.165, 1.54) is 62.0 Å². The second kappa shape index (κ2) is 6.83. The van der Waals surface area contributed by atoms with Gasteiger partial charge in [-0.05, 0) is 49.8 Å². The van der Waals surface area contributed by atoms with Crippen molar-refractivity contribution in [3.05, 3.63) is 29.3 Å². The van der Waals surface area contributed by atoms with Gasteiger partial charge in [-0.15, -0.1) is 0 Å². The maximum Gasteiger partial charge on any atom is 0.0412 e. The summed E-state index contributed by atoms with van der Waals surface area (Å²) < 4.78 is 0. The van der Waals surface area contributed by atoms with Crippen molar-refractivity contribution >= 4 is 5.69 Å². The van der Waals surface area contributed by atoms with Crippen LogP contribution in [0.1, 0.15) is 50.2 Å². The quantitative estimate of drug-likeness (QED) is 0.895. The predicted octanol–water partition coefficient (Wildman–Crippen LogP) is 4.12. The summed E-state index contributed by atoms with van der Waals surface area (Å²) in [6.07, 6.45) is 7.26. The lowest BCUT2D eigenvalue weighted by atomic mass is 9.75. The molecule has 2 unspecified atom stereocenters. The molecule has 2 aliphatic rings. The molecule has 21 heavy (non-hydrogen) atoms. The van der Waals surface area contributed by atoms with Gasteiger partial charge < -0.3 is 10.2 Å². The topological polar surface area (TPSA) is 15.3 Å². The Bertz CT molecular complexity index is 469. The fraction of sp³-hybridized carbons (Fsp3) is 0.684. The van der Waals surface area contributed by atoms with Crippen LogP contribution in [0, 0.1) is 18.8 Å². The van der Waals surface area contributed by atoms with Gasteiger partial charge in [-0.1, -0.05) is 43.9 Å². The summed E-state index contributed by atoms with van der Waals surface area (Å²) in [5.74, 6) is 1.96. The number of nitrogens with one attached hydrogen (secondary N) is 1. The number of aryl methyl sites for hydroxylation is 1. The third kappa shape index (κ3) is 3.42. The summed E-state index contributed by atoms with van der Waals surface area (Å²) in [7, 11) is 0. The molecule has 0 amide bonds. The van der Waals surface area contributed by atoms with Gasteiger partial charge in [0.25, 0.3) is 0 Å². The molecule has 1 heterocycles. The first kappa shape index (κ1) is 14.9. The van der Waals surface area contributed by atoms with Gasteiger partial charge in [-0.25, -0.2) is 0 Å². The Hall–Kier alpha value is -1.02. The van der Waals surface area contributed by atoms with Crippen molar-refractivity contribution in [2.45, 2.75) is 52.5 Å². The van der Waals surface area contributed by atoms with Crippen LogP contribution in [0.2, 0.25) is 0 Å². The number of fused-ring (bicyclic) bond motifs is 1. The van der Waals surface area contributed by atoms with Gasteiger partial charge in [-0.2, -0.15) is 0 Å². The molecule has 1 saturated carbocycles. The molecule has 3 rings (SSSR count). The van der Waals surface area contributed by atoms with Crippen molar-refractivity contribution in [1.29, 1.82) is 0 Å². The molecule has 0 radical (unpaired) electrons. The van der Waals surface area contributed by atoms with Crippen LogP contribution in [0.15, 0.2) is 18.2 Å². The minimum Gasteiger partial charge on any atom is -0.371 e. The van der Waals surface area contributed by atoms with Gasteiger partial charge in [0, 0.05) is 25.3 Å². The normalized spacial score (nSPS) is 25.7. The van der Waals surface area contributed by atoms with E-state index in [1.54, 1.807) is 0 Å². The molecule has 1 N–H and O–H groups in total. The maximum absolute atomic E-state index is 3.50. The Labute approximate surface area is 129 Å². The predicted molar refractivity (Wildman–Crippen MR) is 90.8 cm³/mol. The van der Waals surface area contributed by atoms with Gasteiger partial charge >= 0.3 is 0 Å². The van der Waals surface area contributed by atoms with E-state index in [9.17, 15) is 0 Å². The highest BCUT2D eigenvalue weighted by molar-refractivity contribution is 5.55. The third-order valence-electron chi connectivity index (χ3n) is 5.43. The molecule has 0 aromatic heterocycles. The molecular formula is C19H30N2. The van der Waals surface area contributed by atoms with E-state index in [0.29, 0.717) is 0 Å². The molecule has 2 atom stereocenters. The Kier molecular flexibility index (Phi) is 4.84. The fourth-order valence-electron chi connectivity index (χ4n) is 4.24. The summed E-state index contributed by atoms with van der Waals surface area (Å²) in [6.45, 7) is 8.96. The Morgan fingerprint density at radius 3 is 2.76 bits per heavy atom. The van der Waals surface area contributed by atoms with Crippen LogP contribution in [0.3, 0.4) is 0 Å². The summed E-state index contributed by atoms with van der Waals surface area (Å²) in [5, 5.41) is 3.50. The lowest BCUT2D eigenvalue weighted by Gasteiger charge is -2.43. The molecule has 1 aromatic carbocycles. The lowest BCUT2D eigenvalue weighted by Crippen LogP contribution is -2.42. The van der Waals surface area contributed by atoms with Gasteiger partial charge in [0.15, 0.2) is 0 Å². The van der Waals surface area contributed by atoms with Gasteiger partial charge in [0.05, 0.1) is 0 Å². The molecule has 1 aliphatic carbocycles. The van der Waals surface area contributed by atoms with Crippen molar-refractivity contribution in [3.63, 3.8) is 0 Å². The molecule has 1 aliphatic heterocycles.